The van der Waals surface area contributed by atoms with Crippen molar-refractivity contribution in [2.75, 3.05) is 0 Å². The molecule has 3 rings (SSSR count). The Bertz CT molecular complexity index is 751. The van der Waals surface area contributed by atoms with Gasteiger partial charge in [-0.05, 0) is 30.7 Å². The second-order valence-corrected chi connectivity index (χ2v) is 4.42. The van der Waals surface area contributed by atoms with Gasteiger partial charge in [0.15, 0.2) is 5.65 Å². The van der Waals surface area contributed by atoms with Gasteiger partial charge in [0.2, 0.25) is 0 Å². The van der Waals surface area contributed by atoms with Gasteiger partial charge in [-0.15, -0.1) is 0 Å². The van der Waals surface area contributed by atoms with E-state index in [4.69, 9.17) is 0 Å². The third-order valence-electron chi connectivity index (χ3n) is 2.97. The van der Waals surface area contributed by atoms with Gasteiger partial charge in [0.25, 0.3) is 5.91 Å². The van der Waals surface area contributed by atoms with E-state index in [1.807, 2.05) is 19.1 Å². The highest BCUT2D eigenvalue weighted by atomic mass is 16.1. The first-order valence-corrected chi connectivity index (χ1v) is 6.22. The Labute approximate surface area is 115 Å². The second kappa shape index (κ2) is 5.08. The van der Waals surface area contributed by atoms with E-state index < -0.39 is 0 Å². The minimum Gasteiger partial charge on any atom is -0.347 e. The van der Waals surface area contributed by atoms with Crippen molar-refractivity contribution in [3.8, 4) is 0 Å². The third kappa shape index (κ3) is 2.35. The molecular weight excluding hydrogens is 254 g/mol. The molecule has 3 heterocycles. The maximum Gasteiger partial charge on any atom is 0.270 e. The van der Waals surface area contributed by atoms with Gasteiger partial charge in [-0.25, -0.2) is 9.50 Å². The van der Waals surface area contributed by atoms with Crippen LogP contribution in [0.2, 0.25) is 0 Å². The monoisotopic (exact) mass is 267 g/mol. The highest BCUT2D eigenvalue weighted by Crippen LogP contribution is 2.06. The predicted octanol–water partition coefficient (Wildman–Crippen LogP) is 1.36. The van der Waals surface area contributed by atoms with Crippen LogP contribution in [0.3, 0.4) is 0 Å². The lowest BCUT2D eigenvalue weighted by Gasteiger charge is -2.06. The van der Waals surface area contributed by atoms with Crippen molar-refractivity contribution >= 4 is 11.6 Å². The highest BCUT2D eigenvalue weighted by Gasteiger charge is 2.10. The van der Waals surface area contributed by atoms with Crippen LogP contribution in [0, 0.1) is 6.92 Å². The van der Waals surface area contributed by atoms with Gasteiger partial charge >= 0.3 is 0 Å². The summed E-state index contributed by atoms with van der Waals surface area (Å²) < 4.78 is 1.69. The maximum absolute atomic E-state index is 12.1. The summed E-state index contributed by atoms with van der Waals surface area (Å²) >= 11 is 0. The van der Waals surface area contributed by atoms with Crippen LogP contribution in [-0.2, 0) is 6.54 Å². The molecule has 6 nitrogen and oxygen atoms in total. The molecule has 0 radical (unpaired) electrons. The molecule has 0 aliphatic heterocycles. The molecule has 0 spiro atoms. The van der Waals surface area contributed by atoms with E-state index in [1.54, 1.807) is 35.2 Å². The van der Waals surface area contributed by atoms with E-state index in [2.05, 4.69) is 20.4 Å². The lowest BCUT2D eigenvalue weighted by Crippen LogP contribution is -2.24. The van der Waals surface area contributed by atoms with Crippen LogP contribution in [0.1, 0.15) is 21.7 Å². The Balaban J connectivity index is 1.78. The van der Waals surface area contributed by atoms with Crippen molar-refractivity contribution in [2.45, 2.75) is 13.5 Å². The number of fused-ring (bicyclic) bond motifs is 1. The number of pyridine rings is 1. The van der Waals surface area contributed by atoms with Crippen LogP contribution in [0.25, 0.3) is 5.65 Å². The molecule has 100 valence electrons. The van der Waals surface area contributed by atoms with E-state index in [0.29, 0.717) is 17.9 Å². The van der Waals surface area contributed by atoms with Gasteiger partial charge in [0.1, 0.15) is 5.69 Å². The molecule has 1 N–H and O–H groups in total. The van der Waals surface area contributed by atoms with Crippen molar-refractivity contribution in [3.63, 3.8) is 0 Å². The Morgan fingerprint density at radius 1 is 1.25 bits per heavy atom. The molecule has 0 unspecified atom stereocenters. The predicted molar refractivity (Wildman–Crippen MR) is 73.1 cm³/mol. The number of carbonyl (C=O) groups excluding carboxylic acids is 1. The quantitative estimate of drug-likeness (QED) is 0.777. The van der Waals surface area contributed by atoms with Crippen LogP contribution < -0.4 is 5.32 Å². The average Bonchev–Trinajstić information content (AvgIpc) is 2.95. The lowest BCUT2D eigenvalue weighted by atomic mass is 10.2. The van der Waals surface area contributed by atoms with E-state index in [9.17, 15) is 4.79 Å². The minimum atomic E-state index is -0.200. The fourth-order valence-electron chi connectivity index (χ4n) is 1.96. The van der Waals surface area contributed by atoms with Crippen LogP contribution in [0.15, 0.2) is 42.9 Å². The molecule has 0 fully saturated rings. The summed E-state index contributed by atoms with van der Waals surface area (Å²) in [5.74, 6) is -0.200. The Hall–Kier alpha value is -2.76. The first-order valence-electron chi connectivity index (χ1n) is 6.22. The molecule has 3 aromatic rings. The van der Waals surface area contributed by atoms with Gasteiger partial charge in [0, 0.05) is 30.7 Å². The van der Waals surface area contributed by atoms with Gasteiger partial charge in [-0.2, -0.15) is 5.10 Å². The maximum atomic E-state index is 12.1. The average molecular weight is 267 g/mol. The first kappa shape index (κ1) is 12.3. The second-order valence-electron chi connectivity index (χ2n) is 4.42. The van der Waals surface area contributed by atoms with Crippen molar-refractivity contribution in [1.82, 2.24) is 24.9 Å². The first-order chi connectivity index (χ1) is 9.74. The molecule has 0 bridgehead atoms. The fraction of sp³-hybridized carbons (Fsp3) is 0.143. The largest absolute Gasteiger partial charge is 0.347 e. The SMILES string of the molecule is Cc1cc(C(=O)NCc2ccncc2)nc2ccnn12. The van der Waals surface area contributed by atoms with Gasteiger partial charge in [0.05, 0.1) is 6.20 Å². The molecule has 0 saturated heterocycles. The number of amides is 1. The summed E-state index contributed by atoms with van der Waals surface area (Å²) in [6, 6.07) is 7.22. The molecule has 20 heavy (non-hydrogen) atoms. The summed E-state index contributed by atoms with van der Waals surface area (Å²) in [7, 11) is 0. The lowest BCUT2D eigenvalue weighted by molar-refractivity contribution is 0.0946. The number of rotatable bonds is 3. The van der Waals surface area contributed by atoms with E-state index in [0.717, 1.165) is 11.3 Å². The van der Waals surface area contributed by atoms with Crippen molar-refractivity contribution in [2.24, 2.45) is 0 Å². The summed E-state index contributed by atoms with van der Waals surface area (Å²) in [5, 5.41) is 6.97. The molecule has 0 aromatic carbocycles. The number of nitrogens with zero attached hydrogens (tertiary/aromatic N) is 4. The van der Waals surface area contributed by atoms with Gasteiger partial charge in [-0.1, -0.05) is 0 Å². The zero-order valence-corrected chi connectivity index (χ0v) is 10.9. The Morgan fingerprint density at radius 3 is 2.85 bits per heavy atom. The zero-order valence-electron chi connectivity index (χ0n) is 10.9. The van der Waals surface area contributed by atoms with Crippen molar-refractivity contribution in [1.29, 1.82) is 0 Å². The summed E-state index contributed by atoms with van der Waals surface area (Å²) in [4.78, 5) is 20.3. The standard InChI is InChI=1S/C14H13N5O/c1-10-8-12(18-13-4-7-17-19(10)13)14(20)16-9-11-2-5-15-6-3-11/h2-8H,9H2,1H3,(H,16,20). The fourth-order valence-corrected chi connectivity index (χ4v) is 1.96. The van der Waals surface area contributed by atoms with Crippen LogP contribution >= 0.6 is 0 Å². The van der Waals surface area contributed by atoms with Crippen LogP contribution in [0.5, 0.6) is 0 Å². The van der Waals surface area contributed by atoms with Crippen molar-refractivity contribution < 1.29 is 4.79 Å². The molecule has 0 saturated carbocycles. The van der Waals surface area contributed by atoms with Crippen molar-refractivity contribution in [3.05, 3.63) is 59.8 Å². The van der Waals surface area contributed by atoms with E-state index >= 15 is 0 Å². The molecule has 1 amide bonds. The third-order valence-corrected chi connectivity index (χ3v) is 2.97. The molecule has 0 aliphatic rings. The van der Waals surface area contributed by atoms with Crippen LogP contribution in [0.4, 0.5) is 0 Å². The van der Waals surface area contributed by atoms with E-state index in [-0.39, 0.29) is 5.91 Å². The number of nitrogens with one attached hydrogen (secondary N) is 1. The highest BCUT2D eigenvalue weighted by molar-refractivity contribution is 5.92. The number of aryl methyl sites for hydroxylation is 1. The Kier molecular flexibility index (Phi) is 3.12. The number of hydrogen-bond acceptors (Lipinski definition) is 4. The van der Waals surface area contributed by atoms with Gasteiger partial charge in [-0.3, -0.25) is 9.78 Å². The topological polar surface area (TPSA) is 72.2 Å². The summed E-state index contributed by atoms with van der Waals surface area (Å²) in [5.41, 5.74) is 2.92. The number of hydrogen-bond donors (Lipinski definition) is 1. The summed E-state index contributed by atoms with van der Waals surface area (Å²) in [6.07, 6.45) is 5.05. The number of aromatic nitrogens is 4. The molecule has 6 heteroatoms. The Morgan fingerprint density at radius 2 is 2.05 bits per heavy atom. The molecule has 0 atom stereocenters. The van der Waals surface area contributed by atoms with E-state index in [1.165, 1.54) is 0 Å². The molecular formula is C14H13N5O. The minimum absolute atomic E-state index is 0.200. The smallest absolute Gasteiger partial charge is 0.270 e. The molecule has 0 aliphatic carbocycles. The summed E-state index contributed by atoms with van der Waals surface area (Å²) in [6.45, 7) is 2.34. The zero-order chi connectivity index (χ0) is 13.9. The normalized spacial score (nSPS) is 10.7. The number of carbonyl (C=O) groups is 1. The van der Waals surface area contributed by atoms with Gasteiger partial charge < -0.3 is 5.32 Å². The van der Waals surface area contributed by atoms with Crippen LogP contribution in [-0.4, -0.2) is 25.5 Å². The molecule has 3 aromatic heterocycles.